The zero-order chi connectivity index (χ0) is 13.5. The number of carbonyl (C=O) groups is 1. The van der Waals surface area contributed by atoms with Gasteiger partial charge in [-0.05, 0) is 5.56 Å². The van der Waals surface area contributed by atoms with Crippen molar-refractivity contribution >= 4 is 5.97 Å². The van der Waals surface area contributed by atoms with Gasteiger partial charge in [0.25, 0.3) is 0 Å². The second-order valence-electron chi connectivity index (χ2n) is 4.00. The summed E-state index contributed by atoms with van der Waals surface area (Å²) < 4.78 is 5.53. The first kappa shape index (κ1) is 13.0. The minimum absolute atomic E-state index is 0.0320. The van der Waals surface area contributed by atoms with Crippen LogP contribution in [0.2, 0.25) is 0 Å². The van der Waals surface area contributed by atoms with Crippen molar-refractivity contribution in [3.05, 3.63) is 54.1 Å². The van der Waals surface area contributed by atoms with Crippen molar-refractivity contribution in [2.45, 2.75) is 19.4 Å². The first-order valence-corrected chi connectivity index (χ1v) is 5.93. The van der Waals surface area contributed by atoms with E-state index in [1.807, 2.05) is 30.3 Å². The van der Waals surface area contributed by atoms with Crippen LogP contribution in [0.15, 0.2) is 42.7 Å². The molecule has 1 aromatic carbocycles. The van der Waals surface area contributed by atoms with Crippen LogP contribution in [0.4, 0.5) is 0 Å². The third kappa shape index (κ3) is 4.39. The lowest BCUT2D eigenvalue weighted by Gasteiger charge is -2.05. The Balaban J connectivity index is 1.86. The topological polar surface area (TPSA) is 72.3 Å². The van der Waals surface area contributed by atoms with Gasteiger partial charge in [-0.3, -0.25) is 4.79 Å². The van der Waals surface area contributed by atoms with Gasteiger partial charge < -0.3 is 9.84 Å². The molecule has 0 saturated heterocycles. The summed E-state index contributed by atoms with van der Waals surface area (Å²) in [5, 5.41) is 8.56. The molecule has 5 nitrogen and oxygen atoms in total. The Bertz CT molecular complexity index is 526. The summed E-state index contributed by atoms with van der Waals surface area (Å²) in [6.45, 7) is 0.457. The van der Waals surface area contributed by atoms with Gasteiger partial charge in [-0.25, -0.2) is 9.97 Å². The summed E-state index contributed by atoms with van der Waals surface area (Å²) in [5.74, 6) is 0.227. The second kappa shape index (κ2) is 6.49. The zero-order valence-electron chi connectivity index (χ0n) is 10.3. The van der Waals surface area contributed by atoms with Crippen LogP contribution in [0, 0.1) is 0 Å². The van der Waals surface area contributed by atoms with Gasteiger partial charge in [0.05, 0.1) is 18.8 Å². The van der Waals surface area contributed by atoms with E-state index < -0.39 is 5.97 Å². The summed E-state index contributed by atoms with van der Waals surface area (Å²) in [5.41, 5.74) is 1.07. The Kier molecular flexibility index (Phi) is 4.44. The third-order valence-corrected chi connectivity index (χ3v) is 2.49. The molecule has 98 valence electrons. The number of rotatable bonds is 6. The van der Waals surface area contributed by atoms with Crippen molar-refractivity contribution < 1.29 is 14.6 Å². The van der Waals surface area contributed by atoms with E-state index in [4.69, 9.17) is 9.84 Å². The highest BCUT2D eigenvalue weighted by Gasteiger charge is 2.02. The van der Waals surface area contributed by atoms with Gasteiger partial charge in [-0.2, -0.15) is 0 Å². The van der Waals surface area contributed by atoms with E-state index in [9.17, 15) is 4.79 Å². The number of ether oxygens (including phenoxy) is 1. The van der Waals surface area contributed by atoms with E-state index in [0.29, 0.717) is 24.6 Å². The van der Waals surface area contributed by atoms with E-state index in [1.54, 1.807) is 12.4 Å². The van der Waals surface area contributed by atoms with Crippen molar-refractivity contribution in [2.75, 3.05) is 0 Å². The molecule has 0 fully saturated rings. The Morgan fingerprint density at radius 2 is 1.84 bits per heavy atom. The van der Waals surface area contributed by atoms with Gasteiger partial charge in [0.2, 0.25) is 0 Å². The van der Waals surface area contributed by atoms with Gasteiger partial charge in [-0.1, -0.05) is 30.3 Å². The Morgan fingerprint density at radius 1 is 1.16 bits per heavy atom. The summed E-state index contributed by atoms with van der Waals surface area (Å²) in [6.07, 6.45) is 3.48. The number of hydrogen-bond acceptors (Lipinski definition) is 4. The van der Waals surface area contributed by atoms with Crippen LogP contribution >= 0.6 is 0 Å². The summed E-state index contributed by atoms with van der Waals surface area (Å²) in [7, 11) is 0. The third-order valence-electron chi connectivity index (χ3n) is 2.49. The number of aliphatic carboxylic acids is 1. The van der Waals surface area contributed by atoms with Crippen molar-refractivity contribution in [2.24, 2.45) is 0 Å². The number of carboxylic acids is 1. The van der Waals surface area contributed by atoms with Crippen LogP contribution in [0.3, 0.4) is 0 Å². The largest absolute Gasteiger partial charge is 0.486 e. The molecule has 1 heterocycles. The van der Waals surface area contributed by atoms with Gasteiger partial charge in [0.1, 0.15) is 12.4 Å². The maximum atomic E-state index is 10.4. The predicted octanol–water partition coefficient (Wildman–Crippen LogP) is 2.07. The molecule has 19 heavy (non-hydrogen) atoms. The monoisotopic (exact) mass is 258 g/mol. The second-order valence-corrected chi connectivity index (χ2v) is 4.00. The maximum Gasteiger partial charge on any atom is 0.303 e. The highest BCUT2D eigenvalue weighted by atomic mass is 16.5. The summed E-state index contributed by atoms with van der Waals surface area (Å²) in [4.78, 5) is 18.5. The molecule has 0 bridgehead atoms. The molecule has 0 aliphatic heterocycles. The molecule has 2 rings (SSSR count). The van der Waals surface area contributed by atoms with Crippen LogP contribution < -0.4 is 4.74 Å². The fraction of sp³-hybridized carbons (Fsp3) is 0.214. The molecule has 0 amide bonds. The average Bonchev–Trinajstić information content (AvgIpc) is 2.45. The molecule has 1 N–H and O–H groups in total. The van der Waals surface area contributed by atoms with Crippen molar-refractivity contribution in [1.29, 1.82) is 0 Å². The SMILES string of the molecule is O=C(O)CCc1ncc(OCc2ccccc2)cn1. The highest BCUT2D eigenvalue weighted by Crippen LogP contribution is 2.10. The zero-order valence-corrected chi connectivity index (χ0v) is 10.3. The molecule has 0 radical (unpaired) electrons. The van der Waals surface area contributed by atoms with E-state index >= 15 is 0 Å². The molecule has 1 aromatic heterocycles. The van der Waals surface area contributed by atoms with Crippen molar-refractivity contribution in [3.63, 3.8) is 0 Å². The van der Waals surface area contributed by atoms with E-state index in [0.717, 1.165) is 5.56 Å². The molecule has 0 aliphatic carbocycles. The van der Waals surface area contributed by atoms with Crippen LogP contribution in [0.25, 0.3) is 0 Å². The fourth-order valence-electron chi connectivity index (χ4n) is 1.51. The highest BCUT2D eigenvalue weighted by molar-refractivity contribution is 5.66. The van der Waals surface area contributed by atoms with Gasteiger partial charge >= 0.3 is 5.97 Å². The lowest BCUT2D eigenvalue weighted by Crippen LogP contribution is -2.02. The van der Waals surface area contributed by atoms with Crippen LogP contribution in [-0.2, 0) is 17.8 Å². The lowest BCUT2D eigenvalue weighted by atomic mass is 10.2. The normalized spacial score (nSPS) is 10.1. The predicted molar refractivity (Wildman–Crippen MR) is 68.8 cm³/mol. The molecule has 0 spiro atoms. The van der Waals surface area contributed by atoms with Crippen molar-refractivity contribution in [1.82, 2.24) is 9.97 Å². The number of hydrogen-bond donors (Lipinski definition) is 1. The number of aryl methyl sites for hydroxylation is 1. The smallest absolute Gasteiger partial charge is 0.303 e. The van der Waals surface area contributed by atoms with Gasteiger partial charge in [0, 0.05) is 6.42 Å². The Morgan fingerprint density at radius 3 is 2.47 bits per heavy atom. The quantitative estimate of drug-likeness (QED) is 0.858. The first-order valence-electron chi connectivity index (χ1n) is 5.93. The Hall–Kier alpha value is -2.43. The molecular weight excluding hydrogens is 244 g/mol. The Labute approximate surface area is 110 Å². The fourth-order valence-corrected chi connectivity index (χ4v) is 1.51. The van der Waals surface area contributed by atoms with Crippen LogP contribution in [-0.4, -0.2) is 21.0 Å². The van der Waals surface area contributed by atoms with Gasteiger partial charge in [0.15, 0.2) is 5.75 Å². The number of benzene rings is 1. The first-order chi connectivity index (χ1) is 9.24. The number of aromatic nitrogens is 2. The molecule has 0 aliphatic rings. The lowest BCUT2D eigenvalue weighted by molar-refractivity contribution is -0.137. The summed E-state index contributed by atoms with van der Waals surface area (Å²) >= 11 is 0. The van der Waals surface area contributed by atoms with E-state index in [-0.39, 0.29) is 6.42 Å². The standard InChI is InChI=1S/C14H14N2O3/c17-14(18)7-6-13-15-8-12(9-16-13)19-10-11-4-2-1-3-5-11/h1-5,8-9H,6-7,10H2,(H,17,18). The molecule has 0 atom stereocenters. The molecule has 0 unspecified atom stereocenters. The molecule has 0 saturated carbocycles. The van der Waals surface area contributed by atoms with Crippen LogP contribution in [0.1, 0.15) is 17.8 Å². The number of carboxylic acid groups (broad SMARTS) is 1. The minimum atomic E-state index is -0.854. The van der Waals surface area contributed by atoms with Crippen molar-refractivity contribution in [3.8, 4) is 5.75 Å². The van der Waals surface area contributed by atoms with Crippen LogP contribution in [0.5, 0.6) is 5.75 Å². The van der Waals surface area contributed by atoms with E-state index in [1.165, 1.54) is 0 Å². The maximum absolute atomic E-state index is 10.4. The molecular formula is C14H14N2O3. The molecule has 2 aromatic rings. The minimum Gasteiger partial charge on any atom is -0.486 e. The summed E-state index contributed by atoms with van der Waals surface area (Å²) in [6, 6.07) is 9.79. The van der Waals surface area contributed by atoms with Gasteiger partial charge in [-0.15, -0.1) is 0 Å². The average molecular weight is 258 g/mol. The molecule has 5 heteroatoms. The number of nitrogens with zero attached hydrogens (tertiary/aromatic N) is 2. The van der Waals surface area contributed by atoms with E-state index in [2.05, 4.69) is 9.97 Å².